The van der Waals surface area contributed by atoms with Crippen molar-refractivity contribution < 1.29 is 14.3 Å². The molecular formula is C17H24O3. The first kappa shape index (κ1) is 14.9. The smallest absolute Gasteiger partial charge is 0.163 e. The molecule has 0 radical (unpaired) electrons. The minimum Gasteiger partial charge on any atom is -0.493 e. The SMILES string of the molecule is COc1cccc(CC2CCCCCCC2=O)c1OC. The summed E-state index contributed by atoms with van der Waals surface area (Å²) < 4.78 is 10.8. The standard InChI is InChI=1S/C17H24O3/c1-19-16-11-7-9-14(17(16)20-2)12-13-8-5-3-4-6-10-15(13)18/h7,9,11,13H,3-6,8,10,12H2,1-2H3. The number of ether oxygens (including phenoxy) is 2. The molecule has 1 aromatic rings. The molecule has 1 unspecified atom stereocenters. The molecule has 1 saturated carbocycles. The van der Waals surface area contributed by atoms with Crippen molar-refractivity contribution in [3.05, 3.63) is 23.8 Å². The summed E-state index contributed by atoms with van der Waals surface area (Å²) in [4.78, 5) is 12.3. The van der Waals surface area contributed by atoms with E-state index in [1.165, 1.54) is 12.8 Å². The van der Waals surface area contributed by atoms with Gasteiger partial charge in [-0.05, 0) is 30.9 Å². The molecule has 0 spiro atoms. The van der Waals surface area contributed by atoms with Gasteiger partial charge in [0.15, 0.2) is 11.5 Å². The van der Waals surface area contributed by atoms with Crippen molar-refractivity contribution in [1.29, 1.82) is 0 Å². The Morgan fingerprint density at radius 1 is 1.10 bits per heavy atom. The highest BCUT2D eigenvalue weighted by Gasteiger charge is 2.22. The van der Waals surface area contributed by atoms with Crippen molar-refractivity contribution in [2.24, 2.45) is 5.92 Å². The average Bonchev–Trinajstić information content (AvgIpc) is 2.46. The van der Waals surface area contributed by atoms with Gasteiger partial charge in [0.1, 0.15) is 5.78 Å². The number of methoxy groups -OCH3 is 2. The molecule has 0 saturated heterocycles. The zero-order chi connectivity index (χ0) is 14.4. The van der Waals surface area contributed by atoms with Crippen molar-refractivity contribution in [3.63, 3.8) is 0 Å². The third-order valence-electron chi connectivity index (χ3n) is 4.13. The largest absolute Gasteiger partial charge is 0.493 e. The minimum atomic E-state index is 0.135. The molecule has 110 valence electrons. The average molecular weight is 276 g/mol. The number of Topliss-reactive ketones (excluding diaryl/α,β-unsaturated/α-hetero) is 1. The fourth-order valence-corrected chi connectivity index (χ4v) is 3.00. The molecule has 1 aliphatic rings. The Balaban J connectivity index is 2.17. The maximum absolute atomic E-state index is 12.3. The Kier molecular flexibility index (Phi) is 5.45. The molecule has 0 aromatic heterocycles. The van der Waals surface area contributed by atoms with E-state index in [1.54, 1.807) is 14.2 Å². The minimum absolute atomic E-state index is 0.135. The van der Waals surface area contributed by atoms with Crippen LogP contribution >= 0.6 is 0 Å². The molecule has 20 heavy (non-hydrogen) atoms. The van der Waals surface area contributed by atoms with E-state index in [-0.39, 0.29) is 5.92 Å². The van der Waals surface area contributed by atoms with Gasteiger partial charge in [0, 0.05) is 12.3 Å². The number of rotatable bonds is 4. The monoisotopic (exact) mass is 276 g/mol. The number of hydrogen-bond acceptors (Lipinski definition) is 3. The molecule has 0 bridgehead atoms. The molecule has 0 heterocycles. The maximum Gasteiger partial charge on any atom is 0.163 e. The van der Waals surface area contributed by atoms with Crippen LogP contribution < -0.4 is 9.47 Å². The predicted octanol–water partition coefficient (Wildman–Crippen LogP) is 3.79. The van der Waals surface area contributed by atoms with Gasteiger partial charge in [-0.3, -0.25) is 4.79 Å². The number of carbonyl (C=O) groups excluding carboxylic acids is 1. The topological polar surface area (TPSA) is 35.5 Å². The van der Waals surface area contributed by atoms with Crippen molar-refractivity contribution in [2.75, 3.05) is 14.2 Å². The van der Waals surface area contributed by atoms with Crippen molar-refractivity contribution >= 4 is 5.78 Å². The Morgan fingerprint density at radius 2 is 1.90 bits per heavy atom. The summed E-state index contributed by atoms with van der Waals surface area (Å²) in [6, 6.07) is 5.89. The summed E-state index contributed by atoms with van der Waals surface area (Å²) in [5, 5.41) is 0. The molecule has 3 nitrogen and oxygen atoms in total. The van der Waals surface area contributed by atoms with Gasteiger partial charge in [-0.25, -0.2) is 0 Å². The first-order chi connectivity index (χ1) is 9.76. The number of carbonyl (C=O) groups is 1. The van der Waals surface area contributed by atoms with Crippen LogP contribution in [0, 0.1) is 5.92 Å². The first-order valence-corrected chi connectivity index (χ1v) is 7.49. The summed E-state index contributed by atoms with van der Waals surface area (Å²) in [6.07, 6.45) is 7.14. The van der Waals surface area contributed by atoms with E-state index in [0.717, 1.165) is 49.2 Å². The van der Waals surface area contributed by atoms with E-state index in [0.29, 0.717) is 5.78 Å². The van der Waals surface area contributed by atoms with Crippen LogP contribution in [0.3, 0.4) is 0 Å². The van der Waals surface area contributed by atoms with Crippen LogP contribution in [0.25, 0.3) is 0 Å². The summed E-state index contributed by atoms with van der Waals surface area (Å²) in [6.45, 7) is 0. The zero-order valence-corrected chi connectivity index (χ0v) is 12.5. The van der Waals surface area contributed by atoms with E-state index in [9.17, 15) is 4.79 Å². The molecule has 3 heteroatoms. The number of para-hydroxylation sites is 1. The lowest BCUT2D eigenvalue weighted by molar-refractivity contribution is -0.123. The zero-order valence-electron chi connectivity index (χ0n) is 12.5. The van der Waals surface area contributed by atoms with Gasteiger partial charge in [0.25, 0.3) is 0 Å². The van der Waals surface area contributed by atoms with E-state index in [2.05, 4.69) is 0 Å². The lowest BCUT2D eigenvalue weighted by Gasteiger charge is -2.20. The lowest BCUT2D eigenvalue weighted by Crippen LogP contribution is -2.19. The Hall–Kier alpha value is -1.51. The molecule has 0 N–H and O–H groups in total. The van der Waals surface area contributed by atoms with Gasteiger partial charge in [0.2, 0.25) is 0 Å². The Morgan fingerprint density at radius 3 is 2.65 bits per heavy atom. The summed E-state index contributed by atoms with van der Waals surface area (Å²) in [5.74, 6) is 2.05. The molecule has 0 amide bonds. The maximum atomic E-state index is 12.3. The second-order valence-corrected chi connectivity index (χ2v) is 5.47. The van der Waals surface area contributed by atoms with Crippen LogP contribution in [-0.2, 0) is 11.2 Å². The van der Waals surface area contributed by atoms with Gasteiger partial charge >= 0.3 is 0 Å². The fraction of sp³-hybridized carbons (Fsp3) is 0.588. The van der Waals surface area contributed by atoms with Crippen LogP contribution in [0.5, 0.6) is 11.5 Å². The third kappa shape index (κ3) is 3.53. The van der Waals surface area contributed by atoms with Gasteiger partial charge in [-0.1, -0.05) is 31.4 Å². The first-order valence-electron chi connectivity index (χ1n) is 7.49. The van der Waals surface area contributed by atoms with Crippen molar-refractivity contribution in [1.82, 2.24) is 0 Å². The van der Waals surface area contributed by atoms with E-state index in [4.69, 9.17) is 9.47 Å². The van der Waals surface area contributed by atoms with Crippen LogP contribution in [0.1, 0.15) is 44.1 Å². The Bertz CT molecular complexity index is 454. The number of ketones is 1. The van der Waals surface area contributed by atoms with E-state index < -0.39 is 0 Å². The molecule has 2 rings (SSSR count). The van der Waals surface area contributed by atoms with E-state index in [1.807, 2.05) is 18.2 Å². The van der Waals surface area contributed by atoms with Gasteiger partial charge < -0.3 is 9.47 Å². The third-order valence-corrected chi connectivity index (χ3v) is 4.13. The summed E-state index contributed by atoms with van der Waals surface area (Å²) >= 11 is 0. The van der Waals surface area contributed by atoms with Crippen LogP contribution in [0.15, 0.2) is 18.2 Å². The van der Waals surface area contributed by atoms with E-state index >= 15 is 0 Å². The highest BCUT2D eigenvalue weighted by molar-refractivity contribution is 5.81. The Labute approximate surface area is 121 Å². The quantitative estimate of drug-likeness (QED) is 0.839. The highest BCUT2D eigenvalue weighted by Crippen LogP contribution is 2.34. The second-order valence-electron chi connectivity index (χ2n) is 5.47. The second kappa shape index (κ2) is 7.32. The van der Waals surface area contributed by atoms with Crippen molar-refractivity contribution in [2.45, 2.75) is 44.9 Å². The highest BCUT2D eigenvalue weighted by atomic mass is 16.5. The normalized spacial score (nSPS) is 20.1. The summed E-state index contributed by atoms with van der Waals surface area (Å²) in [5.41, 5.74) is 1.07. The molecule has 1 aromatic carbocycles. The van der Waals surface area contributed by atoms with Crippen LogP contribution in [0.4, 0.5) is 0 Å². The van der Waals surface area contributed by atoms with Gasteiger partial charge in [-0.15, -0.1) is 0 Å². The van der Waals surface area contributed by atoms with Crippen LogP contribution in [0.2, 0.25) is 0 Å². The number of hydrogen-bond donors (Lipinski definition) is 0. The lowest BCUT2D eigenvalue weighted by atomic mass is 9.85. The molecule has 1 fully saturated rings. The number of benzene rings is 1. The van der Waals surface area contributed by atoms with Crippen molar-refractivity contribution in [3.8, 4) is 11.5 Å². The molecular weight excluding hydrogens is 252 g/mol. The van der Waals surface area contributed by atoms with Gasteiger partial charge in [-0.2, -0.15) is 0 Å². The molecule has 1 aliphatic carbocycles. The van der Waals surface area contributed by atoms with Gasteiger partial charge in [0.05, 0.1) is 14.2 Å². The molecule has 1 atom stereocenters. The summed E-state index contributed by atoms with van der Waals surface area (Å²) in [7, 11) is 3.30. The molecule has 0 aliphatic heterocycles. The van der Waals surface area contributed by atoms with Crippen LogP contribution in [-0.4, -0.2) is 20.0 Å². The predicted molar refractivity (Wildman–Crippen MR) is 79.4 cm³/mol. The fourth-order valence-electron chi connectivity index (χ4n) is 3.00.